The maximum atomic E-state index is 14.1. The van der Waals surface area contributed by atoms with E-state index in [9.17, 15) is 19.1 Å². The van der Waals surface area contributed by atoms with E-state index >= 15 is 0 Å². The Balaban J connectivity index is 2.84. The van der Waals surface area contributed by atoms with Crippen molar-refractivity contribution < 1.29 is 28.2 Å². The van der Waals surface area contributed by atoms with Crippen LogP contribution in [0.1, 0.15) is 66.9 Å². The molecule has 0 bridgehead atoms. The molecular weight excluding hydrogens is 525 g/mol. The summed E-state index contributed by atoms with van der Waals surface area (Å²) in [6.45, 7) is 20.0. The number of aliphatic hydroxyl groups excluding tert-OH is 1. The lowest BCUT2D eigenvalue weighted by Crippen LogP contribution is -2.47. The van der Waals surface area contributed by atoms with Gasteiger partial charge in [0.15, 0.2) is 9.04 Å². The summed E-state index contributed by atoms with van der Waals surface area (Å²) in [6.07, 6.45) is 1.89. The quantitative estimate of drug-likeness (QED) is 0.180. The SMILES string of the molecule is COC(=O)CC(=O)CC(O)/C=C/C1=C(c2ccc(F)cc2)C(C(C)(C)C)=C(C(C)C)N(CO[SiH](C)C)C1C(C)C. The predicted octanol–water partition coefficient (Wildman–Crippen LogP) is 6.27. The second kappa shape index (κ2) is 14.4. The Morgan fingerprint density at radius 3 is 2.20 bits per heavy atom. The molecule has 1 aliphatic rings. The first kappa shape index (κ1) is 33.7. The zero-order valence-electron chi connectivity index (χ0n) is 25.9. The standard InChI is InChI=1S/C32H48FNO5Si/c1-20(2)30-26(16-15-24(35)17-25(36)18-27(37)38-8)28(22-11-13-23(33)14-12-22)29(32(5,6)7)31(21(3)4)34(30)19-39-40(9)10/h11-16,20-21,24,30,35,40H,17-19H2,1-10H3/b16-15+. The van der Waals surface area contributed by atoms with E-state index in [1.54, 1.807) is 6.08 Å². The highest BCUT2D eigenvalue weighted by Gasteiger charge is 2.40. The third-order valence-corrected chi connectivity index (χ3v) is 7.69. The van der Waals surface area contributed by atoms with Gasteiger partial charge in [-0.1, -0.05) is 72.8 Å². The fraction of sp³-hybridized carbons (Fsp3) is 0.562. The van der Waals surface area contributed by atoms with Gasteiger partial charge >= 0.3 is 5.97 Å². The van der Waals surface area contributed by atoms with Crippen molar-refractivity contribution in [1.82, 2.24) is 4.90 Å². The molecule has 2 unspecified atom stereocenters. The first-order chi connectivity index (χ1) is 18.6. The van der Waals surface area contributed by atoms with Crippen molar-refractivity contribution in [3.8, 4) is 0 Å². The molecule has 0 amide bonds. The molecule has 1 N–H and O–H groups in total. The van der Waals surface area contributed by atoms with Gasteiger partial charge in [0.25, 0.3) is 0 Å². The molecule has 2 rings (SSSR count). The van der Waals surface area contributed by atoms with Gasteiger partial charge in [-0.15, -0.1) is 0 Å². The fourth-order valence-corrected chi connectivity index (χ4v) is 5.75. The molecule has 1 aromatic carbocycles. The molecule has 0 aliphatic carbocycles. The van der Waals surface area contributed by atoms with Crippen LogP contribution in [0, 0.1) is 23.1 Å². The summed E-state index contributed by atoms with van der Waals surface area (Å²) in [5, 5.41) is 10.8. The van der Waals surface area contributed by atoms with Crippen molar-refractivity contribution >= 4 is 26.4 Å². The van der Waals surface area contributed by atoms with E-state index in [0.717, 1.165) is 22.3 Å². The van der Waals surface area contributed by atoms with Crippen LogP contribution in [0.15, 0.2) is 53.3 Å². The van der Waals surface area contributed by atoms with Crippen LogP contribution in [0.2, 0.25) is 13.1 Å². The number of ketones is 1. The highest BCUT2D eigenvalue weighted by Crippen LogP contribution is 2.49. The lowest BCUT2D eigenvalue weighted by atomic mass is 9.70. The molecule has 1 aromatic rings. The monoisotopic (exact) mass is 573 g/mol. The van der Waals surface area contributed by atoms with Gasteiger partial charge in [-0.3, -0.25) is 9.59 Å². The highest BCUT2D eigenvalue weighted by molar-refractivity contribution is 6.48. The second-order valence-electron chi connectivity index (χ2n) is 12.4. The number of benzene rings is 1. The minimum absolute atomic E-state index is 0.0921. The lowest BCUT2D eigenvalue weighted by molar-refractivity contribution is -0.143. The van der Waals surface area contributed by atoms with E-state index in [1.165, 1.54) is 24.9 Å². The van der Waals surface area contributed by atoms with Crippen LogP contribution in [0.25, 0.3) is 5.57 Å². The Labute approximate surface area is 241 Å². The maximum absolute atomic E-state index is 14.1. The first-order valence-corrected chi connectivity index (χ1v) is 16.9. The highest BCUT2D eigenvalue weighted by atomic mass is 28.3. The number of nitrogens with zero attached hydrogens (tertiary/aromatic N) is 1. The van der Waals surface area contributed by atoms with Crippen molar-refractivity contribution in [2.75, 3.05) is 13.8 Å². The van der Waals surface area contributed by atoms with Gasteiger partial charge in [-0.2, -0.15) is 0 Å². The van der Waals surface area contributed by atoms with Gasteiger partial charge in [-0.25, -0.2) is 4.39 Å². The number of Topliss-reactive ketones (excluding diaryl/α,β-unsaturated/α-hetero) is 1. The number of halogens is 1. The fourth-order valence-electron chi connectivity index (χ4n) is 5.29. The number of esters is 1. The van der Waals surface area contributed by atoms with Crippen LogP contribution in [0.3, 0.4) is 0 Å². The molecule has 0 spiro atoms. The summed E-state index contributed by atoms with van der Waals surface area (Å²) in [5.74, 6) is -0.967. The molecular formula is C32H48FNO5Si. The van der Waals surface area contributed by atoms with Crippen LogP contribution in [-0.2, 0) is 18.8 Å². The van der Waals surface area contributed by atoms with E-state index in [2.05, 4.69) is 71.2 Å². The smallest absolute Gasteiger partial charge is 0.313 e. The summed E-state index contributed by atoms with van der Waals surface area (Å²) in [5.41, 5.74) is 4.96. The van der Waals surface area contributed by atoms with Crippen molar-refractivity contribution in [2.24, 2.45) is 17.3 Å². The first-order valence-electron chi connectivity index (χ1n) is 14.2. The number of carbonyl (C=O) groups is 2. The van der Waals surface area contributed by atoms with Crippen molar-refractivity contribution in [2.45, 2.75) is 86.5 Å². The summed E-state index contributed by atoms with van der Waals surface area (Å²) >= 11 is 0. The molecule has 0 aromatic heterocycles. The van der Waals surface area contributed by atoms with E-state index in [4.69, 9.17) is 4.43 Å². The number of carbonyl (C=O) groups excluding carboxylic acids is 2. The summed E-state index contributed by atoms with van der Waals surface area (Å²) in [6, 6.07) is 6.48. The van der Waals surface area contributed by atoms with Crippen molar-refractivity contribution in [3.05, 3.63) is 64.6 Å². The van der Waals surface area contributed by atoms with Gasteiger partial charge in [-0.05, 0) is 64.8 Å². The van der Waals surface area contributed by atoms with Gasteiger partial charge in [0.1, 0.15) is 24.8 Å². The number of rotatable bonds is 12. The van der Waals surface area contributed by atoms with Crippen LogP contribution < -0.4 is 0 Å². The zero-order valence-corrected chi connectivity index (χ0v) is 27.0. The molecule has 0 radical (unpaired) electrons. The van der Waals surface area contributed by atoms with E-state index < -0.39 is 26.9 Å². The van der Waals surface area contributed by atoms with Gasteiger partial charge in [0.05, 0.1) is 19.3 Å². The van der Waals surface area contributed by atoms with Crippen LogP contribution in [0.4, 0.5) is 4.39 Å². The Morgan fingerprint density at radius 1 is 1.12 bits per heavy atom. The molecule has 1 aliphatic heterocycles. The number of aliphatic hydroxyl groups is 1. The molecule has 40 heavy (non-hydrogen) atoms. The average molecular weight is 574 g/mol. The third kappa shape index (κ3) is 8.72. The largest absolute Gasteiger partial charge is 0.469 e. The molecule has 8 heteroatoms. The zero-order chi connectivity index (χ0) is 30.4. The Hall–Kier alpha value is -2.55. The van der Waals surface area contributed by atoms with E-state index in [1.807, 2.05) is 18.2 Å². The molecule has 2 atom stereocenters. The summed E-state index contributed by atoms with van der Waals surface area (Å²) in [7, 11) is -0.112. The molecule has 1 heterocycles. The third-order valence-electron chi connectivity index (χ3n) is 6.87. The van der Waals surface area contributed by atoms with E-state index in [0.29, 0.717) is 6.73 Å². The van der Waals surface area contributed by atoms with Gasteiger partial charge < -0.3 is 19.2 Å². The number of hydrogen-bond donors (Lipinski definition) is 1. The average Bonchev–Trinajstić information content (AvgIpc) is 2.84. The molecule has 0 fully saturated rings. The predicted molar refractivity (Wildman–Crippen MR) is 161 cm³/mol. The van der Waals surface area contributed by atoms with Crippen LogP contribution >= 0.6 is 0 Å². The molecule has 222 valence electrons. The second-order valence-corrected chi connectivity index (χ2v) is 14.9. The van der Waals surface area contributed by atoms with Crippen molar-refractivity contribution in [3.63, 3.8) is 0 Å². The minimum atomic E-state index is -1.34. The number of ether oxygens (including phenoxy) is 1. The normalized spacial score (nSPS) is 17.6. The van der Waals surface area contributed by atoms with Crippen LogP contribution in [0.5, 0.6) is 0 Å². The summed E-state index contributed by atoms with van der Waals surface area (Å²) in [4.78, 5) is 26.2. The molecule has 0 saturated carbocycles. The van der Waals surface area contributed by atoms with E-state index in [-0.39, 0.29) is 42.0 Å². The Kier molecular flexibility index (Phi) is 12.1. The topological polar surface area (TPSA) is 76.1 Å². The lowest BCUT2D eigenvalue weighted by Gasteiger charge is -2.48. The Morgan fingerprint density at radius 2 is 1.73 bits per heavy atom. The maximum Gasteiger partial charge on any atom is 0.313 e. The Bertz CT molecular complexity index is 1130. The number of hydrogen-bond acceptors (Lipinski definition) is 6. The minimum Gasteiger partial charge on any atom is -0.469 e. The molecule has 0 saturated heterocycles. The van der Waals surface area contributed by atoms with Crippen LogP contribution in [-0.4, -0.2) is 56.8 Å². The van der Waals surface area contributed by atoms with Gasteiger partial charge in [0, 0.05) is 12.1 Å². The van der Waals surface area contributed by atoms with Crippen molar-refractivity contribution in [1.29, 1.82) is 0 Å². The number of methoxy groups -OCH3 is 1. The number of allylic oxidation sites excluding steroid dienone is 3. The molecule has 6 nitrogen and oxygen atoms in total. The summed E-state index contributed by atoms with van der Waals surface area (Å²) < 4.78 is 25.0. The van der Waals surface area contributed by atoms with Gasteiger partial charge in [0.2, 0.25) is 0 Å².